The van der Waals surface area contributed by atoms with Gasteiger partial charge in [-0.05, 0) is 36.2 Å². The number of rotatable bonds is 9. The van der Waals surface area contributed by atoms with Crippen molar-refractivity contribution in [2.24, 2.45) is 0 Å². The molecule has 1 aromatic carbocycles. The highest BCUT2D eigenvalue weighted by Crippen LogP contribution is 2.29. The number of aromatic nitrogens is 1. The SMILES string of the molecule is COc1cc(CCNC(=O)COC(=O)c2cccnc2Cl)ccc1OC(F)F. The molecule has 0 aliphatic rings. The van der Waals surface area contributed by atoms with Gasteiger partial charge in [0.1, 0.15) is 5.15 Å². The maximum absolute atomic E-state index is 12.3. The third kappa shape index (κ3) is 6.34. The Morgan fingerprint density at radius 2 is 2.04 bits per heavy atom. The third-order valence-corrected chi connectivity index (χ3v) is 3.79. The number of carbonyl (C=O) groups is 2. The van der Waals surface area contributed by atoms with Crippen LogP contribution in [0.4, 0.5) is 8.78 Å². The Labute approximate surface area is 164 Å². The average Bonchev–Trinajstić information content (AvgIpc) is 2.67. The smallest absolute Gasteiger partial charge is 0.387 e. The number of benzene rings is 1. The Balaban J connectivity index is 1.79. The van der Waals surface area contributed by atoms with Gasteiger partial charge in [-0.3, -0.25) is 4.79 Å². The summed E-state index contributed by atoms with van der Waals surface area (Å²) in [5.41, 5.74) is 0.799. The molecular weight excluding hydrogens is 398 g/mol. The van der Waals surface area contributed by atoms with Crippen molar-refractivity contribution < 1.29 is 32.6 Å². The molecule has 0 saturated heterocycles. The van der Waals surface area contributed by atoms with E-state index in [1.807, 2.05) is 0 Å². The molecule has 28 heavy (non-hydrogen) atoms. The monoisotopic (exact) mass is 414 g/mol. The Morgan fingerprint density at radius 3 is 2.71 bits per heavy atom. The van der Waals surface area contributed by atoms with Crippen LogP contribution in [0.15, 0.2) is 36.5 Å². The van der Waals surface area contributed by atoms with Crippen LogP contribution in [0.1, 0.15) is 15.9 Å². The zero-order chi connectivity index (χ0) is 20.5. The second kappa shape index (κ2) is 10.4. The predicted molar refractivity (Wildman–Crippen MR) is 95.9 cm³/mol. The fourth-order valence-electron chi connectivity index (χ4n) is 2.21. The summed E-state index contributed by atoms with van der Waals surface area (Å²) in [5, 5.41) is 2.57. The van der Waals surface area contributed by atoms with Crippen molar-refractivity contribution in [1.29, 1.82) is 0 Å². The van der Waals surface area contributed by atoms with E-state index in [1.165, 1.54) is 37.6 Å². The van der Waals surface area contributed by atoms with Crippen LogP contribution < -0.4 is 14.8 Å². The Hall–Kier alpha value is -2.94. The van der Waals surface area contributed by atoms with Crippen LogP contribution in [0.25, 0.3) is 0 Å². The molecule has 0 spiro atoms. The summed E-state index contributed by atoms with van der Waals surface area (Å²) < 4.78 is 38.9. The van der Waals surface area contributed by atoms with E-state index in [4.69, 9.17) is 21.1 Å². The Morgan fingerprint density at radius 1 is 1.25 bits per heavy atom. The van der Waals surface area contributed by atoms with E-state index in [2.05, 4.69) is 15.0 Å². The first kappa shape index (κ1) is 21.4. The van der Waals surface area contributed by atoms with Gasteiger partial charge in [-0.2, -0.15) is 8.78 Å². The van der Waals surface area contributed by atoms with Crippen LogP contribution in [-0.4, -0.2) is 43.7 Å². The number of pyridine rings is 1. The summed E-state index contributed by atoms with van der Waals surface area (Å²) in [7, 11) is 1.34. The van der Waals surface area contributed by atoms with Crippen molar-refractivity contribution in [2.45, 2.75) is 13.0 Å². The molecule has 0 saturated carbocycles. The molecular formula is C18H17ClF2N2O5. The second-order valence-corrected chi connectivity index (χ2v) is 5.74. The lowest BCUT2D eigenvalue weighted by atomic mass is 10.1. The highest BCUT2D eigenvalue weighted by atomic mass is 35.5. The van der Waals surface area contributed by atoms with E-state index in [1.54, 1.807) is 6.07 Å². The number of nitrogens with zero attached hydrogens (tertiary/aromatic N) is 1. The maximum Gasteiger partial charge on any atom is 0.387 e. The van der Waals surface area contributed by atoms with E-state index in [9.17, 15) is 18.4 Å². The Kier molecular flexibility index (Phi) is 7.94. The number of nitrogens with one attached hydrogen (secondary N) is 1. The van der Waals surface area contributed by atoms with Gasteiger partial charge in [0.05, 0.1) is 12.7 Å². The summed E-state index contributed by atoms with van der Waals surface area (Å²) in [5.74, 6) is -1.18. The van der Waals surface area contributed by atoms with Crippen LogP contribution in [0.3, 0.4) is 0 Å². The molecule has 150 valence electrons. The number of hydrogen-bond acceptors (Lipinski definition) is 6. The quantitative estimate of drug-likeness (QED) is 0.501. The molecule has 2 rings (SSSR count). The molecule has 2 aromatic rings. The summed E-state index contributed by atoms with van der Waals surface area (Å²) in [6.45, 7) is -3.19. The van der Waals surface area contributed by atoms with Crippen molar-refractivity contribution in [2.75, 3.05) is 20.3 Å². The first-order chi connectivity index (χ1) is 13.4. The summed E-state index contributed by atoms with van der Waals surface area (Å²) >= 11 is 5.78. The van der Waals surface area contributed by atoms with E-state index in [-0.39, 0.29) is 28.8 Å². The zero-order valence-corrected chi connectivity index (χ0v) is 15.5. The van der Waals surface area contributed by atoms with Gasteiger partial charge >= 0.3 is 12.6 Å². The average molecular weight is 415 g/mol. The molecule has 0 unspecified atom stereocenters. The van der Waals surface area contributed by atoms with Crippen LogP contribution in [0.2, 0.25) is 5.15 Å². The first-order valence-electron chi connectivity index (χ1n) is 8.06. The number of amides is 1. The molecule has 1 aromatic heterocycles. The van der Waals surface area contributed by atoms with Crippen LogP contribution in [-0.2, 0) is 16.0 Å². The third-order valence-electron chi connectivity index (χ3n) is 3.49. The molecule has 0 radical (unpaired) electrons. The minimum absolute atomic E-state index is 0.0128. The number of ether oxygens (including phenoxy) is 3. The van der Waals surface area contributed by atoms with Crippen molar-refractivity contribution in [3.05, 3.63) is 52.8 Å². The summed E-state index contributed by atoms with van der Waals surface area (Å²) in [4.78, 5) is 27.4. The number of carbonyl (C=O) groups excluding carboxylic acids is 2. The summed E-state index contributed by atoms with van der Waals surface area (Å²) in [6.07, 6.45) is 1.83. The lowest BCUT2D eigenvalue weighted by Crippen LogP contribution is -2.30. The van der Waals surface area contributed by atoms with Crippen molar-refractivity contribution >= 4 is 23.5 Å². The van der Waals surface area contributed by atoms with E-state index in [0.29, 0.717) is 6.42 Å². The fraction of sp³-hybridized carbons (Fsp3) is 0.278. The standard InChI is InChI=1S/C18H17ClF2N2O5/c1-26-14-9-11(4-5-13(14)28-18(20)21)6-8-22-15(24)10-27-17(25)12-3-2-7-23-16(12)19/h2-5,7,9,18H,6,8,10H2,1H3,(H,22,24). The highest BCUT2D eigenvalue weighted by Gasteiger charge is 2.14. The highest BCUT2D eigenvalue weighted by molar-refractivity contribution is 6.32. The lowest BCUT2D eigenvalue weighted by Gasteiger charge is -2.12. The van der Waals surface area contributed by atoms with Gasteiger partial charge < -0.3 is 19.5 Å². The van der Waals surface area contributed by atoms with E-state index in [0.717, 1.165) is 5.56 Å². The van der Waals surface area contributed by atoms with Gasteiger partial charge in [0.2, 0.25) is 0 Å². The maximum atomic E-state index is 12.3. The van der Waals surface area contributed by atoms with Gasteiger partial charge in [0.15, 0.2) is 18.1 Å². The van der Waals surface area contributed by atoms with E-state index < -0.39 is 25.1 Å². The molecule has 0 aliphatic carbocycles. The van der Waals surface area contributed by atoms with Gasteiger partial charge in [-0.15, -0.1) is 0 Å². The molecule has 1 N–H and O–H groups in total. The number of esters is 1. The summed E-state index contributed by atoms with van der Waals surface area (Å²) in [6, 6.07) is 7.44. The number of hydrogen-bond donors (Lipinski definition) is 1. The molecule has 0 bridgehead atoms. The van der Waals surface area contributed by atoms with Crippen molar-refractivity contribution in [3.63, 3.8) is 0 Å². The predicted octanol–water partition coefficient (Wildman–Crippen LogP) is 2.86. The molecule has 7 nitrogen and oxygen atoms in total. The molecule has 0 fully saturated rings. The number of halogens is 3. The van der Waals surface area contributed by atoms with Gasteiger partial charge in [0, 0.05) is 12.7 Å². The first-order valence-corrected chi connectivity index (χ1v) is 8.44. The van der Waals surface area contributed by atoms with Crippen LogP contribution in [0, 0.1) is 0 Å². The number of alkyl halides is 2. The zero-order valence-electron chi connectivity index (χ0n) is 14.8. The van der Waals surface area contributed by atoms with Crippen molar-refractivity contribution in [3.8, 4) is 11.5 Å². The topological polar surface area (TPSA) is 86.8 Å². The molecule has 0 aliphatic heterocycles. The normalized spacial score (nSPS) is 10.5. The molecule has 1 heterocycles. The number of methoxy groups -OCH3 is 1. The van der Waals surface area contributed by atoms with Gasteiger partial charge in [-0.25, -0.2) is 9.78 Å². The molecule has 1 amide bonds. The van der Waals surface area contributed by atoms with E-state index >= 15 is 0 Å². The minimum Gasteiger partial charge on any atom is -0.493 e. The lowest BCUT2D eigenvalue weighted by molar-refractivity contribution is -0.124. The van der Waals surface area contributed by atoms with Gasteiger partial charge in [-0.1, -0.05) is 17.7 Å². The molecule has 10 heteroatoms. The minimum atomic E-state index is -2.96. The fourth-order valence-corrected chi connectivity index (χ4v) is 2.40. The van der Waals surface area contributed by atoms with Crippen LogP contribution >= 0.6 is 11.6 Å². The van der Waals surface area contributed by atoms with Gasteiger partial charge in [0.25, 0.3) is 5.91 Å². The second-order valence-electron chi connectivity index (χ2n) is 5.38. The van der Waals surface area contributed by atoms with Crippen molar-refractivity contribution in [1.82, 2.24) is 10.3 Å². The molecule has 0 atom stereocenters. The Bertz CT molecular complexity index is 835. The van der Waals surface area contributed by atoms with Crippen LogP contribution in [0.5, 0.6) is 11.5 Å². The largest absolute Gasteiger partial charge is 0.493 e.